The lowest BCUT2D eigenvalue weighted by molar-refractivity contribution is -0.201. The van der Waals surface area contributed by atoms with E-state index in [1.807, 2.05) is 54.6 Å². The highest BCUT2D eigenvalue weighted by Crippen LogP contribution is 2.28. The molecule has 0 amide bonds. The summed E-state index contributed by atoms with van der Waals surface area (Å²) in [5.41, 5.74) is 6.91. The second-order valence-corrected chi connectivity index (χ2v) is 15.3. The Morgan fingerprint density at radius 1 is 0.730 bits per heavy atom. The van der Waals surface area contributed by atoms with Gasteiger partial charge in [-0.05, 0) is 16.7 Å². The Kier molecular flexibility index (Phi) is 10.1. The molecule has 3 aromatic rings. The van der Waals surface area contributed by atoms with Crippen molar-refractivity contribution < 1.29 is 18.9 Å². The molecule has 0 unspecified atom stereocenters. The molecule has 0 bridgehead atoms. The lowest BCUT2D eigenvalue weighted by atomic mass is 9.97. The van der Waals surface area contributed by atoms with Crippen molar-refractivity contribution in [2.75, 3.05) is 6.61 Å². The van der Waals surface area contributed by atoms with E-state index in [2.05, 4.69) is 67.5 Å². The van der Waals surface area contributed by atoms with Crippen LogP contribution in [0.1, 0.15) is 23.1 Å². The maximum atomic E-state index is 6.52. The highest BCUT2D eigenvalue weighted by atomic mass is 28.3. The molecule has 1 aliphatic heterocycles. The smallest absolute Gasteiger partial charge is 0.146 e. The minimum absolute atomic E-state index is 0.123. The van der Waals surface area contributed by atoms with Gasteiger partial charge in [0, 0.05) is 6.42 Å². The van der Waals surface area contributed by atoms with Gasteiger partial charge >= 0.3 is 0 Å². The summed E-state index contributed by atoms with van der Waals surface area (Å²) in [5, 5.41) is 0. The van der Waals surface area contributed by atoms with E-state index >= 15 is 0 Å². The number of hydrogen-bond donors (Lipinski definition) is 0. The third-order valence-electron chi connectivity index (χ3n) is 6.10. The van der Waals surface area contributed by atoms with Gasteiger partial charge in [-0.1, -0.05) is 117 Å². The highest BCUT2D eigenvalue weighted by molar-refractivity contribution is 6.83. The molecular weight excluding hydrogens is 476 g/mol. The summed E-state index contributed by atoms with van der Waals surface area (Å²) in [6, 6.07) is 30.7. The summed E-state index contributed by atoms with van der Waals surface area (Å²) < 4.78 is 25.6. The van der Waals surface area contributed by atoms with Crippen LogP contribution in [-0.2, 0) is 38.8 Å². The summed E-state index contributed by atoms with van der Waals surface area (Å²) in [6.07, 6.45) is -0.272. The number of hydrogen-bond acceptors (Lipinski definition) is 4. The van der Waals surface area contributed by atoms with E-state index in [1.54, 1.807) is 0 Å². The summed E-state index contributed by atoms with van der Waals surface area (Å²) in [6.45, 7) is 8.76. The maximum absolute atomic E-state index is 6.52. The number of benzene rings is 3. The van der Waals surface area contributed by atoms with Crippen molar-refractivity contribution >= 4 is 8.07 Å². The minimum atomic E-state index is -1.61. The van der Waals surface area contributed by atoms with Crippen LogP contribution in [0, 0.1) is 11.5 Å². The quantitative estimate of drug-likeness (QED) is 0.231. The normalized spacial score (nSPS) is 21.7. The lowest BCUT2D eigenvalue weighted by Gasteiger charge is -2.39. The van der Waals surface area contributed by atoms with Gasteiger partial charge < -0.3 is 18.9 Å². The van der Waals surface area contributed by atoms with Crippen LogP contribution >= 0.6 is 0 Å². The van der Waals surface area contributed by atoms with Crippen molar-refractivity contribution in [2.45, 2.75) is 70.3 Å². The van der Waals surface area contributed by atoms with Crippen LogP contribution in [0.25, 0.3) is 0 Å². The predicted molar refractivity (Wildman–Crippen MR) is 151 cm³/mol. The first-order valence-corrected chi connectivity index (χ1v) is 16.6. The third-order valence-corrected chi connectivity index (χ3v) is 6.99. The number of ether oxygens (including phenoxy) is 4. The van der Waals surface area contributed by atoms with E-state index in [-0.39, 0.29) is 24.4 Å². The molecule has 37 heavy (non-hydrogen) atoms. The van der Waals surface area contributed by atoms with Crippen LogP contribution < -0.4 is 0 Å². The van der Waals surface area contributed by atoms with Gasteiger partial charge in [-0.25, -0.2) is 0 Å². The monoisotopic (exact) mass is 514 g/mol. The average molecular weight is 515 g/mol. The molecule has 3 aromatic carbocycles. The van der Waals surface area contributed by atoms with E-state index in [0.29, 0.717) is 32.8 Å². The van der Waals surface area contributed by atoms with Gasteiger partial charge in [-0.15, -0.1) is 5.54 Å². The van der Waals surface area contributed by atoms with Gasteiger partial charge in [0.1, 0.15) is 20.3 Å². The van der Waals surface area contributed by atoms with Gasteiger partial charge in [0.25, 0.3) is 0 Å². The van der Waals surface area contributed by atoms with Gasteiger partial charge in [-0.2, -0.15) is 0 Å². The van der Waals surface area contributed by atoms with Gasteiger partial charge in [-0.3, -0.25) is 0 Å². The summed E-state index contributed by atoms with van der Waals surface area (Å²) >= 11 is 0. The molecule has 1 saturated heterocycles. The SMILES string of the molecule is C[Si](C)(C)C#C[C@H]1O[C@H](COCc2ccccc2)C[C@H](OCc2ccccc2)[C@H]1OCc1ccccc1. The van der Waals surface area contributed by atoms with Crippen LogP contribution in [0.2, 0.25) is 19.6 Å². The second kappa shape index (κ2) is 13.7. The highest BCUT2D eigenvalue weighted by Gasteiger charge is 2.40. The van der Waals surface area contributed by atoms with Crippen molar-refractivity contribution in [3.8, 4) is 11.5 Å². The minimum Gasteiger partial charge on any atom is -0.374 e. The first-order valence-electron chi connectivity index (χ1n) is 13.1. The van der Waals surface area contributed by atoms with E-state index in [1.165, 1.54) is 0 Å². The molecule has 0 aromatic heterocycles. The Morgan fingerprint density at radius 2 is 1.24 bits per heavy atom. The molecule has 0 aliphatic carbocycles. The van der Waals surface area contributed by atoms with Crippen molar-refractivity contribution in [3.05, 3.63) is 108 Å². The Bertz CT molecular complexity index is 1120. The largest absolute Gasteiger partial charge is 0.374 e. The molecule has 1 fully saturated rings. The third kappa shape index (κ3) is 9.26. The van der Waals surface area contributed by atoms with Gasteiger partial charge in [0.15, 0.2) is 0 Å². The molecule has 0 spiro atoms. The zero-order chi connectivity index (χ0) is 25.9. The molecule has 0 saturated carbocycles. The standard InChI is InChI=1S/C32H38O4Si/c1-37(2,3)20-19-30-32(35-24-28-17-11-6-12-18-28)31(34-23-27-15-9-5-10-16-27)21-29(36-30)25-33-22-26-13-7-4-8-14-26/h4-18,29-32H,21-25H2,1-3H3/t29-,30+,31-,32-/m0/s1. The van der Waals surface area contributed by atoms with Crippen LogP contribution in [-0.4, -0.2) is 39.1 Å². The fraction of sp³-hybridized carbons (Fsp3) is 0.375. The van der Waals surface area contributed by atoms with Crippen molar-refractivity contribution in [1.82, 2.24) is 0 Å². The Morgan fingerprint density at radius 3 is 1.78 bits per heavy atom. The van der Waals surface area contributed by atoms with Gasteiger partial charge in [0.2, 0.25) is 0 Å². The molecule has 5 heteroatoms. The van der Waals surface area contributed by atoms with Crippen LogP contribution in [0.15, 0.2) is 91.0 Å². The Labute approximate surface area is 222 Å². The fourth-order valence-corrected chi connectivity index (χ4v) is 4.80. The van der Waals surface area contributed by atoms with Crippen LogP contribution in [0.5, 0.6) is 0 Å². The predicted octanol–water partition coefficient (Wildman–Crippen LogP) is 6.41. The van der Waals surface area contributed by atoms with E-state index in [0.717, 1.165) is 16.7 Å². The average Bonchev–Trinajstić information content (AvgIpc) is 2.91. The molecule has 0 N–H and O–H groups in total. The van der Waals surface area contributed by atoms with Crippen LogP contribution in [0.4, 0.5) is 0 Å². The molecular formula is C32H38O4Si. The molecule has 4 rings (SSSR count). The second-order valence-electron chi connectivity index (χ2n) is 10.5. The molecule has 0 radical (unpaired) electrons. The molecule has 4 nitrogen and oxygen atoms in total. The van der Waals surface area contributed by atoms with Crippen LogP contribution in [0.3, 0.4) is 0 Å². The Hall–Kier alpha value is -2.72. The van der Waals surface area contributed by atoms with Crippen molar-refractivity contribution in [2.24, 2.45) is 0 Å². The fourth-order valence-electron chi connectivity index (χ4n) is 4.22. The van der Waals surface area contributed by atoms with Crippen molar-refractivity contribution in [3.63, 3.8) is 0 Å². The maximum Gasteiger partial charge on any atom is 0.146 e. The molecule has 4 atom stereocenters. The zero-order valence-electron chi connectivity index (χ0n) is 22.1. The van der Waals surface area contributed by atoms with Gasteiger partial charge in [0.05, 0.1) is 38.6 Å². The molecule has 1 heterocycles. The summed E-state index contributed by atoms with van der Waals surface area (Å²) in [4.78, 5) is 0. The summed E-state index contributed by atoms with van der Waals surface area (Å²) in [5.74, 6) is 3.44. The van der Waals surface area contributed by atoms with E-state index < -0.39 is 8.07 Å². The van der Waals surface area contributed by atoms with E-state index in [4.69, 9.17) is 18.9 Å². The Balaban J connectivity index is 1.50. The zero-order valence-corrected chi connectivity index (χ0v) is 23.1. The topological polar surface area (TPSA) is 36.9 Å². The molecule has 1 aliphatic rings. The first kappa shape index (κ1) is 27.3. The summed E-state index contributed by atoms with van der Waals surface area (Å²) in [7, 11) is -1.61. The molecule has 194 valence electrons. The van der Waals surface area contributed by atoms with E-state index in [9.17, 15) is 0 Å². The first-order chi connectivity index (χ1) is 18.0. The number of rotatable bonds is 10. The lowest BCUT2D eigenvalue weighted by Crippen LogP contribution is -2.51. The van der Waals surface area contributed by atoms with Crippen molar-refractivity contribution in [1.29, 1.82) is 0 Å².